The van der Waals surface area contributed by atoms with Crippen molar-refractivity contribution in [3.8, 4) is 28.7 Å². The topological polar surface area (TPSA) is 228 Å². The standard InChI is InChI=1S/C28H24O13/c29-12-4-1-11(2-5-12)3-6-20(33)39-10-19-24(35)26(37)27(38)28(41-19)21-16(32)9-18-22(25(21)36)23(34)13-7-14(30)15(31)8-17(13)40-18/h1-9,19,24,26-32,35-38H,10H2/b6-3+/t19-,24-,26+,27-,28+/m1/s1. The number of phenols is 5. The van der Waals surface area contributed by atoms with Crippen molar-refractivity contribution < 1.29 is 59.5 Å². The third-order valence-corrected chi connectivity index (χ3v) is 6.74. The van der Waals surface area contributed by atoms with E-state index >= 15 is 0 Å². The van der Waals surface area contributed by atoms with Crippen molar-refractivity contribution in [3.63, 3.8) is 0 Å². The number of ether oxygens (including phenoxy) is 2. The lowest BCUT2D eigenvalue weighted by atomic mass is 9.89. The van der Waals surface area contributed by atoms with E-state index in [1.54, 1.807) is 12.1 Å². The predicted octanol–water partition coefficient (Wildman–Crippen LogP) is 1.25. The average molecular weight is 568 g/mol. The highest BCUT2D eigenvalue weighted by Crippen LogP contribution is 2.45. The van der Waals surface area contributed by atoms with Gasteiger partial charge in [-0.05, 0) is 29.8 Å². The second kappa shape index (κ2) is 10.6. The van der Waals surface area contributed by atoms with Crippen molar-refractivity contribution in [2.75, 3.05) is 6.61 Å². The molecule has 8 N–H and O–H groups in total. The maximum Gasteiger partial charge on any atom is 0.330 e. The Hall–Kier alpha value is -4.82. The van der Waals surface area contributed by atoms with Crippen LogP contribution in [0.4, 0.5) is 0 Å². The Labute approximate surface area is 229 Å². The molecule has 2 heterocycles. The lowest BCUT2D eigenvalue weighted by molar-refractivity contribution is -0.234. The molecule has 13 nitrogen and oxygen atoms in total. The van der Waals surface area contributed by atoms with Crippen LogP contribution in [-0.4, -0.2) is 77.8 Å². The van der Waals surface area contributed by atoms with Gasteiger partial charge in [-0.2, -0.15) is 0 Å². The first-order valence-electron chi connectivity index (χ1n) is 12.2. The number of hydrogen-bond acceptors (Lipinski definition) is 13. The molecule has 0 saturated carbocycles. The zero-order valence-corrected chi connectivity index (χ0v) is 20.9. The Balaban J connectivity index is 1.44. The summed E-state index contributed by atoms with van der Waals surface area (Å²) in [5, 5.41) is 81.5. The number of hydrogen-bond donors (Lipinski definition) is 8. The summed E-state index contributed by atoms with van der Waals surface area (Å²) in [6.45, 7) is -0.606. The number of esters is 1. The van der Waals surface area contributed by atoms with Gasteiger partial charge in [-0.25, -0.2) is 4.79 Å². The highest BCUT2D eigenvalue weighted by atomic mass is 16.6. The zero-order chi connectivity index (χ0) is 29.6. The molecule has 13 heteroatoms. The van der Waals surface area contributed by atoms with Gasteiger partial charge in [0.1, 0.15) is 70.9 Å². The van der Waals surface area contributed by atoms with Gasteiger partial charge in [0, 0.05) is 18.2 Å². The summed E-state index contributed by atoms with van der Waals surface area (Å²) in [4.78, 5) is 25.4. The lowest BCUT2D eigenvalue weighted by Gasteiger charge is -2.40. The molecular weight excluding hydrogens is 544 g/mol. The Morgan fingerprint density at radius 1 is 0.854 bits per heavy atom. The number of carbonyl (C=O) groups is 1. The zero-order valence-electron chi connectivity index (χ0n) is 20.9. The Kier molecular flexibility index (Phi) is 7.19. The fourth-order valence-corrected chi connectivity index (χ4v) is 4.59. The minimum absolute atomic E-state index is 0.0424. The molecule has 41 heavy (non-hydrogen) atoms. The molecule has 5 rings (SSSR count). The van der Waals surface area contributed by atoms with Gasteiger partial charge < -0.3 is 54.7 Å². The predicted molar refractivity (Wildman–Crippen MR) is 140 cm³/mol. The molecule has 4 aromatic rings. The van der Waals surface area contributed by atoms with Gasteiger partial charge in [-0.15, -0.1) is 0 Å². The number of aliphatic hydroxyl groups excluding tert-OH is 3. The molecule has 1 aliphatic rings. The highest BCUT2D eigenvalue weighted by molar-refractivity contribution is 5.96. The molecule has 0 bridgehead atoms. The molecule has 0 spiro atoms. The SMILES string of the molecule is O=C(/C=C/c1ccc(O)cc1)OC[C@H]1O[C@@H](c2c(O)cc3oc4cc(O)c(O)cc4c(=O)c3c2O)[C@H](O)[C@@H](O)[C@@H]1O. The van der Waals surface area contributed by atoms with E-state index in [0.717, 1.165) is 24.3 Å². The number of phenolic OH excluding ortho intramolecular Hbond substituents is 5. The quantitative estimate of drug-likeness (QED) is 0.0735. The molecule has 5 atom stereocenters. The van der Waals surface area contributed by atoms with Crippen molar-refractivity contribution in [2.24, 2.45) is 0 Å². The van der Waals surface area contributed by atoms with Crippen LogP contribution in [-0.2, 0) is 14.3 Å². The number of fused-ring (bicyclic) bond motifs is 2. The number of aromatic hydroxyl groups is 5. The Morgan fingerprint density at radius 2 is 1.51 bits per heavy atom. The van der Waals surface area contributed by atoms with Crippen LogP contribution in [0.2, 0.25) is 0 Å². The summed E-state index contributed by atoms with van der Waals surface area (Å²) >= 11 is 0. The van der Waals surface area contributed by atoms with Crippen LogP contribution < -0.4 is 5.43 Å². The van der Waals surface area contributed by atoms with E-state index in [9.17, 15) is 50.4 Å². The van der Waals surface area contributed by atoms with Crippen LogP contribution in [0.3, 0.4) is 0 Å². The van der Waals surface area contributed by atoms with Crippen molar-refractivity contribution in [1.29, 1.82) is 0 Å². The molecule has 1 aliphatic heterocycles. The third kappa shape index (κ3) is 5.10. The molecule has 3 aromatic carbocycles. The first-order valence-corrected chi connectivity index (χ1v) is 12.2. The molecule has 1 aromatic heterocycles. The van der Waals surface area contributed by atoms with E-state index in [0.29, 0.717) is 5.56 Å². The number of aliphatic hydroxyl groups is 3. The van der Waals surface area contributed by atoms with Gasteiger partial charge >= 0.3 is 5.97 Å². The summed E-state index contributed by atoms with van der Waals surface area (Å²) in [6, 6.07) is 8.79. The molecule has 214 valence electrons. The first kappa shape index (κ1) is 27.7. The first-order chi connectivity index (χ1) is 19.5. The Bertz CT molecular complexity index is 1720. The molecular formula is C28H24O13. The molecule has 0 amide bonds. The van der Waals surface area contributed by atoms with E-state index in [4.69, 9.17) is 13.9 Å². The van der Waals surface area contributed by atoms with Gasteiger partial charge in [0.05, 0.1) is 10.9 Å². The third-order valence-electron chi connectivity index (χ3n) is 6.74. The van der Waals surface area contributed by atoms with Gasteiger partial charge in [0.15, 0.2) is 11.5 Å². The van der Waals surface area contributed by atoms with Crippen molar-refractivity contribution in [3.05, 3.63) is 69.9 Å². The van der Waals surface area contributed by atoms with Crippen molar-refractivity contribution >= 4 is 34.0 Å². The fourth-order valence-electron chi connectivity index (χ4n) is 4.59. The highest BCUT2D eigenvalue weighted by Gasteiger charge is 2.46. The maximum absolute atomic E-state index is 13.2. The normalized spacial score (nSPS) is 22.9. The summed E-state index contributed by atoms with van der Waals surface area (Å²) < 4.78 is 16.3. The minimum atomic E-state index is -1.91. The minimum Gasteiger partial charge on any atom is -0.508 e. The second-order valence-corrected chi connectivity index (χ2v) is 9.42. The fraction of sp³-hybridized carbons (Fsp3) is 0.214. The summed E-state index contributed by atoms with van der Waals surface area (Å²) in [6.07, 6.45) is -6.20. The van der Waals surface area contributed by atoms with Crippen molar-refractivity contribution in [1.82, 2.24) is 0 Å². The van der Waals surface area contributed by atoms with Gasteiger partial charge in [0.2, 0.25) is 5.43 Å². The van der Waals surface area contributed by atoms with E-state index in [-0.39, 0.29) is 22.3 Å². The molecule has 1 saturated heterocycles. The van der Waals surface area contributed by atoms with Crippen LogP contribution in [0, 0.1) is 0 Å². The van der Waals surface area contributed by atoms with E-state index in [1.165, 1.54) is 18.2 Å². The van der Waals surface area contributed by atoms with Crippen LogP contribution in [0.15, 0.2) is 57.8 Å². The van der Waals surface area contributed by atoms with E-state index in [1.807, 2.05) is 0 Å². The smallest absolute Gasteiger partial charge is 0.330 e. The second-order valence-electron chi connectivity index (χ2n) is 9.42. The number of carbonyl (C=O) groups excluding carboxylic acids is 1. The van der Waals surface area contributed by atoms with Crippen LogP contribution in [0.1, 0.15) is 17.2 Å². The summed E-state index contributed by atoms with van der Waals surface area (Å²) in [5.74, 6) is -3.58. The average Bonchev–Trinajstić information content (AvgIpc) is 2.93. The summed E-state index contributed by atoms with van der Waals surface area (Å²) in [7, 11) is 0. The van der Waals surface area contributed by atoms with Crippen molar-refractivity contribution in [2.45, 2.75) is 30.5 Å². The number of rotatable bonds is 5. The van der Waals surface area contributed by atoms with E-state index in [2.05, 4.69) is 0 Å². The van der Waals surface area contributed by atoms with Crippen LogP contribution in [0.5, 0.6) is 28.7 Å². The maximum atomic E-state index is 13.2. The molecule has 0 radical (unpaired) electrons. The van der Waals surface area contributed by atoms with Gasteiger partial charge in [-0.1, -0.05) is 12.1 Å². The Morgan fingerprint density at radius 3 is 2.22 bits per heavy atom. The molecule has 1 fully saturated rings. The van der Waals surface area contributed by atoms with Gasteiger partial charge in [-0.3, -0.25) is 4.79 Å². The molecule has 0 aliphatic carbocycles. The summed E-state index contributed by atoms with van der Waals surface area (Å²) in [5.41, 5.74) is -1.25. The van der Waals surface area contributed by atoms with Gasteiger partial charge in [0.25, 0.3) is 0 Å². The van der Waals surface area contributed by atoms with Crippen LogP contribution in [0.25, 0.3) is 28.0 Å². The molecule has 0 unspecified atom stereocenters. The number of benzene rings is 3. The lowest BCUT2D eigenvalue weighted by Crippen LogP contribution is -2.55. The largest absolute Gasteiger partial charge is 0.508 e. The van der Waals surface area contributed by atoms with Crippen LogP contribution >= 0.6 is 0 Å². The van der Waals surface area contributed by atoms with E-state index < -0.39 is 82.5 Å². The monoisotopic (exact) mass is 568 g/mol.